The Morgan fingerprint density at radius 1 is 0.542 bits per heavy atom. The number of aromatic hydroxyl groups is 2. The van der Waals surface area contributed by atoms with Crippen LogP contribution in [0, 0.1) is 0 Å². The molecule has 6 N–H and O–H groups in total. The van der Waals surface area contributed by atoms with Gasteiger partial charge in [0, 0.05) is 81.1 Å². The van der Waals surface area contributed by atoms with Crippen LogP contribution in [0.5, 0.6) is 11.5 Å². The Morgan fingerprint density at radius 3 is 1.29 bits per heavy atom. The van der Waals surface area contributed by atoms with Crippen LogP contribution >= 0.6 is 0 Å². The summed E-state index contributed by atoms with van der Waals surface area (Å²) in [6, 6.07) is 28.6. The van der Waals surface area contributed by atoms with Crippen LogP contribution in [0.1, 0.15) is 35.1 Å². The van der Waals surface area contributed by atoms with Crippen LogP contribution in [0.4, 0.5) is 11.4 Å². The normalized spacial score (nSPS) is 14.4. The minimum Gasteiger partial charge on any atom is -0.506 e. The van der Waals surface area contributed by atoms with E-state index in [1.807, 2.05) is 48.5 Å². The van der Waals surface area contributed by atoms with Gasteiger partial charge in [-0.1, -0.05) is 60.7 Å². The van der Waals surface area contributed by atoms with Gasteiger partial charge < -0.3 is 67.1 Å². The van der Waals surface area contributed by atoms with Gasteiger partial charge in [0.1, 0.15) is 11.5 Å². The highest BCUT2D eigenvalue weighted by molar-refractivity contribution is 6.60. The highest BCUT2D eigenvalue weighted by Crippen LogP contribution is 2.57. The summed E-state index contributed by atoms with van der Waals surface area (Å²) in [6.45, 7) is 1.20. The van der Waals surface area contributed by atoms with E-state index in [9.17, 15) is 20.4 Å². The number of aliphatic hydroxyl groups is 2. The molecule has 0 saturated heterocycles. The summed E-state index contributed by atoms with van der Waals surface area (Å²) in [4.78, 5) is 0. The Morgan fingerprint density at radius 2 is 0.915 bits per heavy atom. The van der Waals surface area contributed by atoms with Crippen molar-refractivity contribution in [3.8, 4) is 22.6 Å². The predicted octanol–water partition coefficient (Wildman–Crippen LogP) is 5.58. The standard InChI is InChI=1S/C43H60N2O12Si2/c1-50-58(51-2,52-3)23-11-21-56-29-33(46)27-44-39-25-31(17-19-41(39)48)43(37-15-9-7-13-35(37)36-14-8-10-16-38(36)43)32-18-20-42(49)40(26-32)45-28-34(47)30-57-22-12-24-59(53-4,54-5)55-6/h7-10,13-20,25-26,33-34,44-49H,11-12,21-24,27-30H2,1-6H3. The quantitative estimate of drug-likeness (QED) is 0.0231. The van der Waals surface area contributed by atoms with E-state index in [-0.39, 0.29) is 37.8 Å². The summed E-state index contributed by atoms with van der Waals surface area (Å²) in [6.07, 6.45) is -0.434. The van der Waals surface area contributed by atoms with Gasteiger partial charge in [0.05, 0.1) is 42.2 Å². The highest BCUT2D eigenvalue weighted by atomic mass is 28.4. The third-order valence-electron chi connectivity index (χ3n) is 10.9. The van der Waals surface area contributed by atoms with Crippen LogP contribution in [0.25, 0.3) is 11.1 Å². The monoisotopic (exact) mass is 852 g/mol. The molecule has 16 heteroatoms. The third kappa shape index (κ3) is 10.5. The lowest BCUT2D eigenvalue weighted by Gasteiger charge is -2.34. The zero-order valence-electron chi connectivity index (χ0n) is 34.9. The topological polar surface area (TPSA) is 179 Å². The fraction of sp³-hybridized carbons (Fsp3) is 0.442. The molecule has 4 aromatic rings. The van der Waals surface area contributed by atoms with Gasteiger partial charge in [-0.05, 0) is 70.5 Å². The largest absolute Gasteiger partial charge is 0.506 e. The van der Waals surface area contributed by atoms with E-state index in [1.54, 1.807) is 54.8 Å². The van der Waals surface area contributed by atoms with Gasteiger partial charge in [-0.2, -0.15) is 0 Å². The van der Waals surface area contributed by atoms with Crippen molar-refractivity contribution in [3.63, 3.8) is 0 Å². The summed E-state index contributed by atoms with van der Waals surface area (Å²) >= 11 is 0. The van der Waals surface area contributed by atoms with Crippen molar-refractivity contribution in [3.05, 3.63) is 107 Å². The minimum absolute atomic E-state index is 0.0262. The molecular formula is C43H60N2O12Si2. The molecule has 59 heavy (non-hydrogen) atoms. The summed E-state index contributed by atoms with van der Waals surface area (Å²) in [5, 5.41) is 50.3. The Hall–Kier alpha value is -3.89. The van der Waals surface area contributed by atoms with Crippen molar-refractivity contribution in [2.24, 2.45) is 0 Å². The first-order chi connectivity index (χ1) is 28.6. The molecule has 0 aliphatic heterocycles. The van der Waals surface area contributed by atoms with Crippen molar-refractivity contribution >= 4 is 29.0 Å². The molecule has 5 rings (SSSR count). The Bertz CT molecular complexity index is 1780. The van der Waals surface area contributed by atoms with Gasteiger partial charge >= 0.3 is 17.6 Å². The number of phenolic OH excluding ortho intramolecular Hbond substituents is 2. The lowest BCUT2D eigenvalue weighted by atomic mass is 9.67. The lowest BCUT2D eigenvalue weighted by Crippen LogP contribution is -2.42. The number of phenols is 2. The molecule has 0 radical (unpaired) electrons. The second-order valence-electron chi connectivity index (χ2n) is 14.3. The van der Waals surface area contributed by atoms with Gasteiger partial charge in [0.2, 0.25) is 0 Å². The molecule has 2 atom stereocenters. The maximum Gasteiger partial charge on any atom is 0.500 e. The number of aliphatic hydroxyl groups excluding tert-OH is 2. The average molecular weight is 853 g/mol. The number of fused-ring (bicyclic) bond motifs is 3. The summed E-state index contributed by atoms with van der Waals surface area (Å²) in [5.41, 5.74) is 5.92. The third-order valence-corrected chi connectivity index (χ3v) is 16.6. The summed E-state index contributed by atoms with van der Waals surface area (Å²) < 4.78 is 44.3. The van der Waals surface area contributed by atoms with Crippen LogP contribution in [-0.2, 0) is 41.4 Å². The summed E-state index contributed by atoms with van der Waals surface area (Å²) in [5.74, 6) is 0.0525. The number of anilines is 2. The van der Waals surface area contributed by atoms with Gasteiger partial charge in [0.25, 0.3) is 0 Å². The lowest BCUT2D eigenvalue weighted by molar-refractivity contribution is 0.0411. The van der Waals surface area contributed by atoms with Crippen LogP contribution in [0.3, 0.4) is 0 Å². The molecule has 0 aromatic heterocycles. The fourth-order valence-electron chi connectivity index (χ4n) is 7.75. The number of rotatable bonds is 26. The van der Waals surface area contributed by atoms with E-state index in [0.29, 0.717) is 49.5 Å². The Kier molecular flexibility index (Phi) is 16.9. The molecule has 0 amide bonds. The SMILES string of the molecule is CO[Si](CCCOCC(O)CNc1cc(C2(c3ccc(O)c(NCC(O)COCCC[Si](OC)(OC)OC)c3)c3ccccc3-c3ccccc32)ccc1O)(OC)OC. The van der Waals surface area contributed by atoms with Crippen LogP contribution in [0.2, 0.25) is 12.1 Å². The molecule has 2 unspecified atom stereocenters. The average Bonchev–Trinajstić information content (AvgIpc) is 3.57. The Balaban J connectivity index is 1.35. The molecule has 0 bridgehead atoms. The number of nitrogens with one attached hydrogen (secondary N) is 2. The van der Waals surface area contributed by atoms with Crippen molar-refractivity contribution < 1.29 is 56.5 Å². The fourth-order valence-corrected chi connectivity index (χ4v) is 11.1. The molecule has 0 heterocycles. The second-order valence-corrected chi connectivity index (χ2v) is 20.5. The maximum atomic E-state index is 11.1. The van der Waals surface area contributed by atoms with Crippen LogP contribution < -0.4 is 10.6 Å². The van der Waals surface area contributed by atoms with E-state index in [4.69, 9.17) is 36.0 Å². The molecule has 0 spiro atoms. The van der Waals surface area contributed by atoms with Crippen molar-refractivity contribution in [1.29, 1.82) is 0 Å². The van der Waals surface area contributed by atoms with Crippen molar-refractivity contribution in [1.82, 2.24) is 0 Å². The van der Waals surface area contributed by atoms with Crippen molar-refractivity contribution in [2.45, 2.75) is 42.6 Å². The minimum atomic E-state index is -2.70. The van der Waals surface area contributed by atoms with Gasteiger partial charge in [-0.25, -0.2) is 0 Å². The Labute approximate surface area is 349 Å². The second kappa shape index (κ2) is 21.6. The highest BCUT2D eigenvalue weighted by Gasteiger charge is 2.46. The van der Waals surface area contributed by atoms with Gasteiger partial charge in [-0.15, -0.1) is 0 Å². The van der Waals surface area contributed by atoms with Gasteiger partial charge in [0.15, 0.2) is 0 Å². The number of ether oxygens (including phenoxy) is 2. The van der Waals surface area contributed by atoms with E-state index >= 15 is 0 Å². The zero-order valence-corrected chi connectivity index (χ0v) is 36.9. The van der Waals surface area contributed by atoms with E-state index in [1.165, 1.54) is 0 Å². The van der Waals surface area contributed by atoms with Crippen LogP contribution in [-0.4, -0.2) is 132 Å². The maximum absolute atomic E-state index is 11.1. The smallest absolute Gasteiger partial charge is 0.500 e. The van der Waals surface area contributed by atoms with Gasteiger partial charge in [-0.3, -0.25) is 0 Å². The number of hydrogen-bond donors (Lipinski definition) is 6. The first kappa shape index (κ1) is 46.2. The van der Waals surface area contributed by atoms with Crippen LogP contribution in [0.15, 0.2) is 84.9 Å². The molecule has 0 saturated carbocycles. The number of benzene rings is 4. The molecule has 14 nitrogen and oxygen atoms in total. The summed E-state index contributed by atoms with van der Waals surface area (Å²) in [7, 11) is 4.02. The predicted molar refractivity (Wildman–Crippen MR) is 230 cm³/mol. The molecule has 322 valence electrons. The molecule has 1 aliphatic carbocycles. The molecule has 0 fully saturated rings. The first-order valence-corrected chi connectivity index (χ1v) is 23.6. The van der Waals surface area contributed by atoms with E-state index in [0.717, 1.165) is 33.4 Å². The molecular weight excluding hydrogens is 793 g/mol. The zero-order chi connectivity index (χ0) is 42.5. The van der Waals surface area contributed by atoms with E-state index < -0.39 is 35.2 Å². The van der Waals surface area contributed by atoms with E-state index in [2.05, 4.69) is 34.9 Å². The molecule has 1 aliphatic rings. The van der Waals surface area contributed by atoms with Crippen molar-refractivity contribution in [2.75, 3.05) is 92.8 Å². The molecule has 4 aromatic carbocycles. The number of hydrogen-bond acceptors (Lipinski definition) is 14. The first-order valence-electron chi connectivity index (χ1n) is 19.7.